The van der Waals surface area contributed by atoms with Crippen molar-refractivity contribution in [3.8, 4) is 0 Å². The molecule has 0 radical (unpaired) electrons. The van der Waals surface area contributed by atoms with E-state index < -0.39 is 0 Å². The fourth-order valence-electron chi connectivity index (χ4n) is 2.37. The third-order valence-corrected chi connectivity index (χ3v) is 3.31. The Bertz CT molecular complexity index is 278. The van der Waals surface area contributed by atoms with Crippen LogP contribution in [0, 0.1) is 5.92 Å². The number of rotatable bonds is 5. The molecule has 0 saturated carbocycles. The van der Waals surface area contributed by atoms with Gasteiger partial charge in [-0.2, -0.15) is 0 Å². The lowest BCUT2D eigenvalue weighted by Crippen LogP contribution is -2.25. The maximum Gasteiger partial charge on any atom is 0.0950 e. The number of hydrogen-bond acceptors (Lipinski definition) is 3. The first-order valence-electron chi connectivity index (χ1n) is 6.23. The molecule has 0 bridgehead atoms. The van der Waals surface area contributed by atoms with Gasteiger partial charge in [-0.15, -0.1) is 0 Å². The Kier molecular flexibility index (Phi) is 4.43. The third kappa shape index (κ3) is 3.09. The minimum absolute atomic E-state index is 0.437. The summed E-state index contributed by atoms with van der Waals surface area (Å²) in [5.41, 5.74) is 1.27. The van der Waals surface area contributed by atoms with Crippen molar-refractivity contribution >= 4 is 0 Å². The van der Waals surface area contributed by atoms with Crippen LogP contribution < -0.4 is 5.32 Å². The second-order valence-corrected chi connectivity index (χ2v) is 4.46. The molecule has 1 unspecified atom stereocenters. The molecule has 0 aromatic carbocycles. The Morgan fingerprint density at radius 1 is 1.44 bits per heavy atom. The minimum Gasteiger partial charge on any atom is -0.472 e. The van der Waals surface area contributed by atoms with Crippen LogP contribution in [0.5, 0.6) is 0 Å². The van der Waals surface area contributed by atoms with Crippen LogP contribution in [0.15, 0.2) is 23.0 Å². The number of nitrogens with one attached hydrogen (secondary N) is 1. The van der Waals surface area contributed by atoms with E-state index in [1.807, 2.05) is 6.26 Å². The highest BCUT2D eigenvalue weighted by atomic mass is 16.5. The SMILES string of the molecule is CCNC(CC1CCOCC1)c1ccoc1. The zero-order chi connectivity index (χ0) is 11.2. The third-order valence-electron chi connectivity index (χ3n) is 3.31. The molecule has 2 heterocycles. The van der Waals surface area contributed by atoms with Crippen LogP contribution in [-0.2, 0) is 4.74 Å². The first kappa shape index (κ1) is 11.7. The summed E-state index contributed by atoms with van der Waals surface area (Å²) in [4.78, 5) is 0. The van der Waals surface area contributed by atoms with Crippen LogP contribution in [0.1, 0.15) is 37.8 Å². The van der Waals surface area contributed by atoms with E-state index >= 15 is 0 Å². The molecule has 16 heavy (non-hydrogen) atoms. The molecule has 1 fully saturated rings. The van der Waals surface area contributed by atoms with Gasteiger partial charge in [0.1, 0.15) is 0 Å². The maximum atomic E-state index is 5.39. The van der Waals surface area contributed by atoms with Crippen molar-refractivity contribution in [2.75, 3.05) is 19.8 Å². The van der Waals surface area contributed by atoms with Crippen LogP contribution in [-0.4, -0.2) is 19.8 Å². The first-order valence-corrected chi connectivity index (χ1v) is 6.23. The summed E-state index contributed by atoms with van der Waals surface area (Å²) in [5, 5.41) is 3.53. The summed E-state index contributed by atoms with van der Waals surface area (Å²) < 4.78 is 10.6. The molecule has 1 N–H and O–H groups in total. The molecule has 0 spiro atoms. The molecule has 1 aliphatic rings. The molecule has 1 aliphatic heterocycles. The summed E-state index contributed by atoms with van der Waals surface area (Å²) in [5.74, 6) is 0.785. The second kappa shape index (κ2) is 6.06. The van der Waals surface area contributed by atoms with E-state index in [-0.39, 0.29) is 0 Å². The molecule has 1 atom stereocenters. The summed E-state index contributed by atoms with van der Waals surface area (Å²) in [6.07, 6.45) is 7.19. The van der Waals surface area contributed by atoms with Gasteiger partial charge in [0.25, 0.3) is 0 Å². The average Bonchev–Trinajstić information content (AvgIpc) is 2.83. The molecule has 0 aliphatic carbocycles. The van der Waals surface area contributed by atoms with Crippen LogP contribution in [0.25, 0.3) is 0 Å². The molecule has 2 rings (SSSR count). The lowest BCUT2D eigenvalue weighted by molar-refractivity contribution is 0.0605. The van der Waals surface area contributed by atoms with Crippen molar-refractivity contribution in [3.63, 3.8) is 0 Å². The van der Waals surface area contributed by atoms with Crippen LogP contribution in [0.4, 0.5) is 0 Å². The second-order valence-electron chi connectivity index (χ2n) is 4.46. The van der Waals surface area contributed by atoms with Gasteiger partial charge in [-0.3, -0.25) is 0 Å². The quantitative estimate of drug-likeness (QED) is 0.833. The molecule has 1 aromatic rings. The number of hydrogen-bond donors (Lipinski definition) is 1. The Morgan fingerprint density at radius 3 is 2.88 bits per heavy atom. The van der Waals surface area contributed by atoms with Gasteiger partial charge in [0.2, 0.25) is 0 Å². The van der Waals surface area contributed by atoms with E-state index in [0.29, 0.717) is 6.04 Å². The van der Waals surface area contributed by atoms with Crippen LogP contribution in [0.2, 0.25) is 0 Å². The number of ether oxygens (including phenoxy) is 1. The summed E-state index contributed by atoms with van der Waals surface area (Å²) in [7, 11) is 0. The predicted octanol–water partition coefficient (Wildman–Crippen LogP) is 2.75. The Morgan fingerprint density at radius 2 is 2.25 bits per heavy atom. The van der Waals surface area contributed by atoms with E-state index in [4.69, 9.17) is 9.15 Å². The maximum absolute atomic E-state index is 5.39. The van der Waals surface area contributed by atoms with E-state index in [2.05, 4.69) is 18.3 Å². The lowest BCUT2D eigenvalue weighted by atomic mass is 9.90. The van der Waals surface area contributed by atoms with E-state index in [1.165, 1.54) is 24.8 Å². The highest BCUT2D eigenvalue weighted by Crippen LogP contribution is 2.27. The highest BCUT2D eigenvalue weighted by Gasteiger charge is 2.20. The topological polar surface area (TPSA) is 34.4 Å². The van der Waals surface area contributed by atoms with Gasteiger partial charge in [-0.1, -0.05) is 6.92 Å². The smallest absolute Gasteiger partial charge is 0.0950 e. The van der Waals surface area contributed by atoms with Crippen molar-refractivity contribution < 1.29 is 9.15 Å². The van der Waals surface area contributed by atoms with E-state index in [9.17, 15) is 0 Å². The number of furan rings is 1. The molecule has 0 amide bonds. The van der Waals surface area contributed by atoms with Crippen molar-refractivity contribution in [2.24, 2.45) is 5.92 Å². The van der Waals surface area contributed by atoms with Gasteiger partial charge in [-0.25, -0.2) is 0 Å². The Labute approximate surface area is 97.2 Å². The summed E-state index contributed by atoms with van der Waals surface area (Å²) >= 11 is 0. The van der Waals surface area contributed by atoms with Gasteiger partial charge in [0.15, 0.2) is 0 Å². The van der Waals surface area contributed by atoms with Crippen molar-refractivity contribution in [2.45, 2.75) is 32.2 Å². The Hall–Kier alpha value is -0.800. The lowest BCUT2D eigenvalue weighted by Gasteiger charge is -2.26. The fraction of sp³-hybridized carbons (Fsp3) is 0.692. The molecule has 90 valence electrons. The van der Waals surface area contributed by atoms with E-state index in [1.54, 1.807) is 6.26 Å². The van der Waals surface area contributed by atoms with Crippen molar-refractivity contribution in [1.29, 1.82) is 0 Å². The molecule has 3 nitrogen and oxygen atoms in total. The van der Waals surface area contributed by atoms with Gasteiger partial charge in [0, 0.05) is 24.8 Å². The monoisotopic (exact) mass is 223 g/mol. The minimum atomic E-state index is 0.437. The summed E-state index contributed by atoms with van der Waals surface area (Å²) in [6, 6.07) is 2.50. The van der Waals surface area contributed by atoms with E-state index in [0.717, 1.165) is 25.7 Å². The predicted molar refractivity (Wildman–Crippen MR) is 63.3 cm³/mol. The zero-order valence-electron chi connectivity index (χ0n) is 9.95. The molecular weight excluding hydrogens is 202 g/mol. The van der Waals surface area contributed by atoms with Crippen molar-refractivity contribution in [1.82, 2.24) is 5.32 Å². The average molecular weight is 223 g/mol. The zero-order valence-corrected chi connectivity index (χ0v) is 9.95. The van der Waals surface area contributed by atoms with Gasteiger partial charge in [0.05, 0.1) is 12.5 Å². The normalized spacial score (nSPS) is 19.8. The summed E-state index contributed by atoms with van der Waals surface area (Å²) in [6.45, 7) is 5.00. The standard InChI is InChI=1S/C13H21NO2/c1-2-14-13(12-5-8-16-10-12)9-11-3-6-15-7-4-11/h5,8,10-11,13-14H,2-4,6-7,9H2,1H3. The molecule has 1 aromatic heterocycles. The molecule has 1 saturated heterocycles. The fourth-order valence-corrected chi connectivity index (χ4v) is 2.37. The van der Waals surface area contributed by atoms with Gasteiger partial charge < -0.3 is 14.5 Å². The first-order chi connectivity index (χ1) is 7.90. The Balaban J connectivity index is 1.91. The van der Waals surface area contributed by atoms with Gasteiger partial charge in [-0.05, 0) is 37.8 Å². The van der Waals surface area contributed by atoms with Crippen LogP contribution in [0.3, 0.4) is 0 Å². The van der Waals surface area contributed by atoms with Gasteiger partial charge >= 0.3 is 0 Å². The van der Waals surface area contributed by atoms with Crippen molar-refractivity contribution in [3.05, 3.63) is 24.2 Å². The highest BCUT2D eigenvalue weighted by molar-refractivity contribution is 5.11. The van der Waals surface area contributed by atoms with Crippen LogP contribution >= 0.6 is 0 Å². The molecule has 3 heteroatoms. The molecular formula is C13H21NO2. The largest absolute Gasteiger partial charge is 0.472 e.